The molecule has 2 aliphatic rings. The number of benzene rings is 2. The molecule has 0 saturated heterocycles. The lowest BCUT2D eigenvalue weighted by Gasteiger charge is -2.32. The molecule has 1 N–H and O–H groups in total. The molecular formula is C52H67IN6O3S2. The Balaban J connectivity index is 0.000000201. The molecule has 0 bridgehead atoms. The summed E-state index contributed by atoms with van der Waals surface area (Å²) < 4.78 is 23.2. The van der Waals surface area contributed by atoms with Gasteiger partial charge in [0.15, 0.2) is 23.0 Å². The van der Waals surface area contributed by atoms with Gasteiger partial charge in [-0.15, -0.1) is 22.7 Å². The van der Waals surface area contributed by atoms with Crippen LogP contribution in [0.5, 0.6) is 5.75 Å². The van der Waals surface area contributed by atoms with Gasteiger partial charge in [0.2, 0.25) is 0 Å². The van der Waals surface area contributed by atoms with E-state index in [2.05, 4.69) is 94.2 Å². The number of carbonyl (C=O) groups is 2. The number of rotatable bonds is 8. The fraction of sp³-hybridized carbons (Fsp3) is 0.462. The van der Waals surface area contributed by atoms with E-state index in [4.69, 9.17) is 14.1 Å². The zero-order valence-corrected chi connectivity index (χ0v) is 43.6. The van der Waals surface area contributed by atoms with Crippen LogP contribution in [0.1, 0.15) is 134 Å². The van der Waals surface area contributed by atoms with Crippen molar-refractivity contribution in [1.82, 2.24) is 28.9 Å². The lowest BCUT2D eigenvalue weighted by molar-refractivity contribution is 0.0640. The van der Waals surface area contributed by atoms with Gasteiger partial charge in [-0.1, -0.05) is 68.5 Å². The van der Waals surface area contributed by atoms with Crippen LogP contribution in [0.3, 0.4) is 0 Å². The van der Waals surface area contributed by atoms with Gasteiger partial charge >= 0.3 is 0 Å². The van der Waals surface area contributed by atoms with Crippen molar-refractivity contribution in [1.29, 1.82) is 0 Å². The van der Waals surface area contributed by atoms with E-state index < -0.39 is 4.86 Å². The minimum atomic E-state index is -1.78. The maximum Gasteiger partial charge on any atom is 0.274 e. The van der Waals surface area contributed by atoms with E-state index in [1.54, 1.807) is 27.6 Å². The van der Waals surface area contributed by atoms with Crippen LogP contribution in [-0.4, -0.2) is 75.9 Å². The molecule has 4 aromatic heterocycles. The first-order valence-electron chi connectivity index (χ1n) is 23.7. The number of aromatic hydroxyl groups is 1. The Labute approximate surface area is 407 Å². The molecule has 0 radical (unpaired) electrons. The molecule has 8 rings (SSSR count). The number of hydrogen-bond acceptors (Lipinski definition) is 7. The van der Waals surface area contributed by atoms with Gasteiger partial charge in [-0.3, -0.25) is 18.7 Å². The standard InChI is InChI=1S/C26H33N3OS.C25H31N3O2S.CH3I/c1-16(2)13-19-15-21-18(14-17(19)3)10-11-20-23(25(30)28(7)26(4,5)6)27-24(29(20)21)22-9-8-12-31-22;1-15(2)12-17-13-19-16(14-20(17)29)9-10-18-22(24(30)27(6)25(3,4)5)26-23(28(18)19)21-8-7-11-31-21;1-2/h8-9,12,14-16H,10-11,13H2,1-7H3;7-8,11,13-15,29H,9-10,12H2,1-6H3;1H3/i;;1D3. The Hall–Kier alpha value is -4.27. The number of carbonyl (C=O) groups excluding carboxylic acids is 2. The highest BCUT2D eigenvalue weighted by atomic mass is 127. The second-order valence-electron chi connectivity index (χ2n) is 19.9. The third-order valence-corrected chi connectivity index (χ3v) is 14.0. The molecule has 12 heteroatoms. The SMILES string of the molecule is CC(C)Cc1cc2c(cc1O)CCc1c(C(=O)N(C)C(C)(C)C)nc(-c3cccs3)n1-2.Cc1cc2c(cc1CC(C)C)-n1c(-c3cccs3)nc(C(=O)N(C)C(C)(C)C)c1CC2.[2H]C([2H])([2H])I. The average Bonchev–Trinajstić information content (AvgIpc) is 4.05. The number of phenols is 1. The minimum Gasteiger partial charge on any atom is -0.508 e. The van der Waals surface area contributed by atoms with Crippen LogP contribution in [0.25, 0.3) is 32.8 Å². The van der Waals surface area contributed by atoms with Crippen molar-refractivity contribution in [3.63, 3.8) is 0 Å². The van der Waals surface area contributed by atoms with E-state index in [9.17, 15) is 14.7 Å². The quantitative estimate of drug-likeness (QED) is 0.121. The number of thiophene rings is 2. The topological polar surface area (TPSA) is 96.5 Å². The Morgan fingerprint density at radius 2 is 1.14 bits per heavy atom. The highest BCUT2D eigenvalue weighted by molar-refractivity contribution is 14.1. The Morgan fingerprint density at radius 3 is 1.53 bits per heavy atom. The van der Waals surface area contributed by atoms with Crippen LogP contribution in [-0.2, 0) is 38.5 Å². The van der Waals surface area contributed by atoms with E-state index in [-0.39, 0.29) is 22.9 Å². The number of nitrogens with zero attached hydrogens (tertiary/aromatic N) is 6. The summed E-state index contributed by atoms with van der Waals surface area (Å²) in [6.45, 7) is 23.3. The maximum atomic E-state index is 13.5. The van der Waals surface area contributed by atoms with Crippen molar-refractivity contribution >= 4 is 57.1 Å². The van der Waals surface area contributed by atoms with E-state index in [1.807, 2.05) is 69.4 Å². The van der Waals surface area contributed by atoms with Crippen molar-refractivity contribution in [2.45, 2.75) is 126 Å². The molecule has 2 amide bonds. The number of halogens is 1. The van der Waals surface area contributed by atoms with Crippen molar-refractivity contribution < 1.29 is 18.8 Å². The van der Waals surface area contributed by atoms with Crippen LogP contribution in [0.4, 0.5) is 0 Å². The second kappa shape index (κ2) is 19.7. The summed E-state index contributed by atoms with van der Waals surface area (Å²) in [5, 5.41) is 14.7. The molecule has 6 aromatic rings. The molecule has 0 spiro atoms. The van der Waals surface area contributed by atoms with E-state index in [0.717, 1.165) is 81.7 Å². The van der Waals surface area contributed by atoms with Gasteiger partial charge < -0.3 is 14.9 Å². The molecule has 342 valence electrons. The summed E-state index contributed by atoms with van der Waals surface area (Å²) in [5.41, 5.74) is 10.9. The Morgan fingerprint density at radius 1 is 0.734 bits per heavy atom. The molecule has 0 aliphatic carbocycles. The third-order valence-electron chi connectivity index (χ3n) is 12.3. The number of amides is 2. The third kappa shape index (κ3) is 10.1. The van der Waals surface area contributed by atoms with Crippen molar-refractivity contribution in [3.05, 3.63) is 110 Å². The zero-order chi connectivity index (χ0) is 49.5. The smallest absolute Gasteiger partial charge is 0.274 e. The number of phenolic OH excluding ortho intramolecular Hbond substituents is 1. The predicted octanol–water partition coefficient (Wildman–Crippen LogP) is 12.6. The fourth-order valence-electron chi connectivity index (χ4n) is 8.35. The summed E-state index contributed by atoms with van der Waals surface area (Å²) in [5.74, 6) is 3.02. The van der Waals surface area contributed by atoms with Gasteiger partial charge in [-0.05, 0) is 173 Å². The zero-order valence-electron chi connectivity index (χ0n) is 42.8. The Bertz CT molecular complexity index is 2540. The molecule has 2 aromatic carbocycles. The summed E-state index contributed by atoms with van der Waals surface area (Å²) in [6.07, 6.45) is 5.11. The van der Waals surface area contributed by atoms with E-state index in [0.29, 0.717) is 35.4 Å². The molecule has 0 saturated carbocycles. The van der Waals surface area contributed by atoms with Gasteiger partial charge in [0.1, 0.15) is 5.75 Å². The largest absolute Gasteiger partial charge is 0.508 e. The van der Waals surface area contributed by atoms with Crippen LogP contribution in [0.2, 0.25) is 0 Å². The van der Waals surface area contributed by atoms with Gasteiger partial charge in [0, 0.05) is 29.3 Å². The van der Waals surface area contributed by atoms with Crippen LogP contribution < -0.4 is 0 Å². The lowest BCUT2D eigenvalue weighted by atomic mass is 9.92. The number of alkyl halides is 1. The normalized spacial score (nSPS) is 13.8. The maximum absolute atomic E-state index is 13.5. The molecule has 2 aliphatic heterocycles. The van der Waals surface area contributed by atoms with Crippen molar-refractivity contribution in [2.24, 2.45) is 11.8 Å². The summed E-state index contributed by atoms with van der Waals surface area (Å²) in [4.78, 5) is 40.7. The monoisotopic (exact) mass is 1020 g/mol. The van der Waals surface area contributed by atoms with Crippen LogP contribution in [0.15, 0.2) is 59.3 Å². The summed E-state index contributed by atoms with van der Waals surface area (Å²) in [7, 11) is 3.72. The molecule has 0 unspecified atom stereocenters. The molecule has 9 nitrogen and oxygen atoms in total. The minimum absolute atomic E-state index is 0.00276. The lowest BCUT2D eigenvalue weighted by Crippen LogP contribution is -2.43. The van der Waals surface area contributed by atoms with Crippen LogP contribution in [0, 0.1) is 18.8 Å². The molecular weight excluding hydrogens is 948 g/mol. The molecule has 64 heavy (non-hydrogen) atoms. The number of hydrogen-bond donors (Lipinski definition) is 1. The molecule has 6 heterocycles. The van der Waals surface area contributed by atoms with Gasteiger partial charge in [0.25, 0.3) is 11.8 Å². The van der Waals surface area contributed by atoms with E-state index >= 15 is 0 Å². The number of aryl methyl sites for hydroxylation is 3. The summed E-state index contributed by atoms with van der Waals surface area (Å²) >= 11 is 4.67. The van der Waals surface area contributed by atoms with Crippen molar-refractivity contribution in [2.75, 3.05) is 19.0 Å². The van der Waals surface area contributed by atoms with E-state index in [1.165, 1.54) is 45.0 Å². The second-order valence-corrected chi connectivity index (χ2v) is 21.8. The fourth-order valence-corrected chi connectivity index (χ4v) is 9.75. The highest BCUT2D eigenvalue weighted by Crippen LogP contribution is 2.40. The highest BCUT2D eigenvalue weighted by Gasteiger charge is 2.35. The number of aromatic nitrogens is 4. The van der Waals surface area contributed by atoms with Gasteiger partial charge in [-0.2, -0.15) is 0 Å². The van der Waals surface area contributed by atoms with Crippen LogP contribution >= 0.6 is 45.3 Å². The average molecular weight is 1020 g/mol. The van der Waals surface area contributed by atoms with Gasteiger partial charge in [-0.25, -0.2) is 9.97 Å². The Kier molecular flexibility index (Phi) is 13.8. The first kappa shape index (κ1) is 44.9. The number of fused-ring (bicyclic) bond motifs is 6. The first-order valence-corrected chi connectivity index (χ1v) is 25.0. The molecule has 0 fully saturated rings. The van der Waals surface area contributed by atoms with Crippen molar-refractivity contribution in [3.8, 4) is 38.5 Å². The van der Waals surface area contributed by atoms with Gasteiger partial charge in [0.05, 0.1) is 32.5 Å². The predicted molar refractivity (Wildman–Crippen MR) is 276 cm³/mol. The first-order chi connectivity index (χ1) is 31.1. The number of imidazole rings is 2. The molecule has 0 atom stereocenters. The summed E-state index contributed by atoms with van der Waals surface area (Å²) in [6, 6.07) is 16.9.